The molecule has 0 heterocycles. The predicted molar refractivity (Wildman–Crippen MR) is 73.1 cm³/mol. The molecule has 5 nitrogen and oxygen atoms in total. The topological polar surface area (TPSA) is 89.5 Å². The molecule has 0 saturated carbocycles. The van der Waals surface area contributed by atoms with Gasteiger partial charge in [0.15, 0.2) is 0 Å². The number of phenolic OH excluding ortho intramolecular Hbond substituents is 1. The first-order chi connectivity index (χ1) is 11.3. The number of carboxylic acids is 1. The Kier molecular flexibility index (Phi) is 7.52. The van der Waals surface area contributed by atoms with Gasteiger partial charge in [0.25, 0.3) is 5.91 Å². The maximum atomic E-state index is 12.0. The average Bonchev–Trinajstić information content (AvgIpc) is 2.53. The van der Waals surface area contributed by atoms with Crippen molar-refractivity contribution in [1.29, 1.82) is 0 Å². The molecule has 2 N–H and O–H groups in total. The van der Waals surface area contributed by atoms with Crippen molar-refractivity contribution >= 4 is 11.9 Å². The Balaban J connectivity index is 0.00000576. The van der Waals surface area contributed by atoms with Gasteiger partial charge in [-0.15, -0.1) is 0 Å². The zero-order chi connectivity index (χ0) is 18.3. The molecule has 0 aliphatic rings. The molecule has 0 unspecified atom stereocenters. The number of carbonyl (C=O) groups excluding carboxylic acids is 2. The van der Waals surface area contributed by atoms with Crippen LogP contribution in [0.4, 0.5) is 0 Å². The summed E-state index contributed by atoms with van der Waals surface area (Å²) in [6.07, 6.45) is 3.60. The normalized spacial score (nSPS) is 12.4. The molecule has 0 spiro atoms. The Hall–Kier alpha value is -1.04. The van der Waals surface area contributed by atoms with E-state index < -0.39 is 47.4 Å². The van der Waals surface area contributed by atoms with E-state index in [1.54, 1.807) is 0 Å². The maximum Gasteiger partial charge on any atom is 1.00 e. The number of phenols is 1. The summed E-state index contributed by atoms with van der Waals surface area (Å²) in [5.74, 6) is -2.58. The molecule has 1 amide bonds. The van der Waals surface area contributed by atoms with Gasteiger partial charge in [-0.2, -0.15) is 0 Å². The van der Waals surface area contributed by atoms with Crippen LogP contribution < -0.4 is 40.0 Å². The van der Waals surface area contributed by atoms with Gasteiger partial charge < -0.3 is 20.3 Å². The number of hydrogen-bond donors (Lipinski definition) is 2. The molecule has 1 rings (SSSR count). The summed E-state index contributed by atoms with van der Waals surface area (Å²) >= 11 is 0. The second-order valence-electron chi connectivity index (χ2n) is 4.37. The number of aliphatic carboxylic acids is 1. The van der Waals surface area contributed by atoms with Crippen LogP contribution in [0.15, 0.2) is 24.2 Å². The molecule has 0 fully saturated rings. The molecule has 110 valence electrons. The summed E-state index contributed by atoms with van der Waals surface area (Å²) in [5.41, 5.74) is -0.463. The monoisotopic (exact) mass is 305 g/mol. The van der Waals surface area contributed by atoms with Crippen molar-refractivity contribution in [1.82, 2.24) is 5.32 Å². The number of rotatable bonds is 9. The van der Waals surface area contributed by atoms with Gasteiger partial charge in [-0.3, -0.25) is 4.79 Å². The third kappa shape index (κ3) is 8.75. The van der Waals surface area contributed by atoms with E-state index in [1.807, 2.05) is 0 Å². The summed E-state index contributed by atoms with van der Waals surface area (Å²) in [4.78, 5) is 22.3. The van der Waals surface area contributed by atoms with E-state index in [9.17, 15) is 19.8 Å². The maximum absolute atomic E-state index is 12.0. The Morgan fingerprint density at radius 1 is 1.14 bits per heavy atom. The quantitative estimate of drug-likeness (QED) is 0.417. The molecule has 0 saturated heterocycles. The smallest absolute Gasteiger partial charge is 0.550 e. The summed E-state index contributed by atoms with van der Waals surface area (Å²) in [6, 6.07) is -2.39. The van der Waals surface area contributed by atoms with Crippen molar-refractivity contribution in [3.05, 3.63) is 29.7 Å². The van der Waals surface area contributed by atoms with Crippen LogP contribution in [0.1, 0.15) is 54.4 Å². The van der Waals surface area contributed by atoms with Crippen molar-refractivity contribution in [3.63, 3.8) is 0 Å². The van der Waals surface area contributed by atoms with E-state index in [1.165, 1.54) is 0 Å². The number of hydrogen-bond acceptors (Lipinski definition) is 4. The fourth-order valence-electron chi connectivity index (χ4n) is 1.69. The number of amides is 1. The Morgan fingerprint density at radius 2 is 1.76 bits per heavy atom. The predicted octanol–water partition coefficient (Wildman–Crippen LogP) is -1.78. The van der Waals surface area contributed by atoms with E-state index in [4.69, 9.17) is 5.48 Å². The summed E-state index contributed by atoms with van der Waals surface area (Å²) < 4.78 is 30.1. The number of benzene rings is 1. The second kappa shape index (κ2) is 11.6. The van der Waals surface area contributed by atoms with Crippen molar-refractivity contribution in [3.8, 4) is 5.75 Å². The van der Waals surface area contributed by atoms with E-state index >= 15 is 0 Å². The van der Waals surface area contributed by atoms with Gasteiger partial charge >= 0.3 is 29.6 Å². The van der Waals surface area contributed by atoms with Crippen molar-refractivity contribution < 1.29 is 54.8 Å². The largest absolute Gasteiger partial charge is 1.00 e. The van der Waals surface area contributed by atoms with Crippen LogP contribution in [0.3, 0.4) is 0 Å². The third-order valence-electron chi connectivity index (χ3n) is 2.74. The van der Waals surface area contributed by atoms with Crippen LogP contribution in [0, 0.1) is 0 Å². The number of para-hydroxylation sites is 1. The Bertz CT molecular complexity index is 599. The molecule has 0 radical (unpaired) electrons. The van der Waals surface area contributed by atoms with E-state index in [0.29, 0.717) is 19.4 Å². The van der Waals surface area contributed by atoms with E-state index in [0.717, 1.165) is 19.3 Å². The standard InChI is InChI=1S/C15H21NO4.Na/c17-13-9-6-5-8-12(13)15(20)16-11-7-3-1-2-4-10-14(18)19;/h5-6,8-9,17H,1-4,7,10-11H2,(H,16,20)(H,18,19);/q;+1/p-1/i5D,6D,8D,9D;. The van der Waals surface area contributed by atoms with Crippen LogP contribution >= 0.6 is 0 Å². The minimum atomic E-state index is -1.06. The molecule has 0 bridgehead atoms. The second-order valence-corrected chi connectivity index (χ2v) is 4.37. The van der Waals surface area contributed by atoms with Gasteiger partial charge in [0.2, 0.25) is 0 Å². The minimum Gasteiger partial charge on any atom is -0.550 e. The SMILES string of the molecule is [2H]c1c([2H])c([2H])c(C(=O)NCCCCCCCC(=O)[O-])c(O)c1[2H].[Na+]. The molecule has 1 aromatic rings. The molecular formula is C15H20NNaO4. The van der Waals surface area contributed by atoms with E-state index in [2.05, 4.69) is 5.32 Å². The average molecular weight is 305 g/mol. The third-order valence-corrected chi connectivity index (χ3v) is 2.74. The number of carbonyl (C=O) groups is 2. The van der Waals surface area contributed by atoms with Crippen molar-refractivity contribution in [2.75, 3.05) is 6.54 Å². The zero-order valence-electron chi connectivity index (χ0n) is 16.1. The molecule has 0 aromatic heterocycles. The van der Waals surface area contributed by atoms with Crippen LogP contribution in [-0.2, 0) is 4.79 Å². The molecule has 0 aliphatic heterocycles. The summed E-state index contributed by atoms with van der Waals surface area (Å²) in [5, 5.41) is 22.5. The molecule has 0 atom stereocenters. The molecule has 6 heteroatoms. The Labute approximate surface area is 152 Å². The number of aromatic hydroxyl groups is 1. The van der Waals surface area contributed by atoms with Crippen LogP contribution in [-0.4, -0.2) is 23.5 Å². The van der Waals surface area contributed by atoms with E-state index in [-0.39, 0.29) is 36.0 Å². The van der Waals surface area contributed by atoms with Crippen LogP contribution in [0.5, 0.6) is 5.75 Å². The number of nitrogens with one attached hydrogen (secondary N) is 1. The van der Waals surface area contributed by atoms with Crippen molar-refractivity contribution in [2.24, 2.45) is 0 Å². The minimum absolute atomic E-state index is 0. The van der Waals surface area contributed by atoms with Crippen LogP contribution in [0.2, 0.25) is 0 Å². The number of unbranched alkanes of at least 4 members (excludes halogenated alkanes) is 4. The first kappa shape index (κ1) is 13.6. The van der Waals surface area contributed by atoms with Gasteiger partial charge in [-0.1, -0.05) is 31.3 Å². The van der Waals surface area contributed by atoms with Gasteiger partial charge in [0, 0.05) is 12.5 Å². The van der Waals surface area contributed by atoms with Gasteiger partial charge in [0.1, 0.15) is 5.75 Å². The summed E-state index contributed by atoms with van der Waals surface area (Å²) in [6.45, 7) is 0.293. The van der Waals surface area contributed by atoms with Gasteiger partial charge in [0.05, 0.1) is 11.0 Å². The van der Waals surface area contributed by atoms with Gasteiger partial charge in [-0.25, -0.2) is 0 Å². The Morgan fingerprint density at radius 3 is 2.48 bits per heavy atom. The number of carboxylic acid groups (broad SMARTS) is 1. The molecule has 0 aliphatic carbocycles. The summed E-state index contributed by atoms with van der Waals surface area (Å²) in [7, 11) is 0. The first-order valence-electron chi connectivity index (χ1n) is 8.54. The fraction of sp³-hybridized carbons (Fsp3) is 0.467. The van der Waals surface area contributed by atoms with Crippen LogP contribution in [0.25, 0.3) is 0 Å². The van der Waals surface area contributed by atoms with Gasteiger partial charge in [-0.05, 0) is 31.3 Å². The molecule has 1 aromatic carbocycles. The fourth-order valence-corrected chi connectivity index (χ4v) is 1.69. The molecule has 21 heavy (non-hydrogen) atoms. The first-order valence-corrected chi connectivity index (χ1v) is 6.54. The zero-order valence-corrected chi connectivity index (χ0v) is 14.1. The molecular weight excluding hydrogens is 281 g/mol. The van der Waals surface area contributed by atoms with Crippen molar-refractivity contribution in [2.45, 2.75) is 38.5 Å².